The average molecular weight is 360 g/mol. The predicted octanol–water partition coefficient (Wildman–Crippen LogP) is 3.28. The Balaban J connectivity index is 2.57. The molecule has 1 aromatic heterocycles. The molecule has 0 aliphatic heterocycles. The maximum atomic E-state index is 11.9. The van der Waals surface area contributed by atoms with Crippen LogP contribution in [0.1, 0.15) is 17.4 Å². The fourth-order valence-corrected chi connectivity index (χ4v) is 2.25. The van der Waals surface area contributed by atoms with Crippen LogP contribution in [0.25, 0.3) is 10.9 Å². The van der Waals surface area contributed by atoms with Gasteiger partial charge in [0, 0.05) is 15.4 Å². The summed E-state index contributed by atoms with van der Waals surface area (Å²) < 4.78 is 5.81. The molecule has 2 aromatic rings. The molecule has 0 bridgehead atoms. The van der Waals surface area contributed by atoms with Crippen LogP contribution in [0.15, 0.2) is 22.7 Å². The average Bonchev–Trinajstić information content (AvgIpc) is 2.77. The van der Waals surface area contributed by atoms with Crippen LogP contribution in [0.4, 0.5) is 5.69 Å². The summed E-state index contributed by atoms with van der Waals surface area (Å²) >= 11 is 8.85. The third kappa shape index (κ3) is 2.96. The highest BCUT2D eigenvalue weighted by molar-refractivity contribution is 9.10. The molecule has 0 aliphatic carbocycles. The molecular weight excluding hydrogens is 348 g/mol. The zero-order valence-corrected chi connectivity index (χ0v) is 13.0. The van der Waals surface area contributed by atoms with Crippen molar-refractivity contribution < 1.29 is 14.3 Å². The summed E-state index contributed by atoms with van der Waals surface area (Å²) in [5.41, 5.74) is 1.31. The molecule has 2 N–H and O–H groups in total. The van der Waals surface area contributed by atoms with Gasteiger partial charge in [0.05, 0.1) is 12.3 Å². The standard InChI is InChI=1S/C13H12BrClN2O3/c1-2-20-13(19)12-11(17-10(18)6-15)8-5-7(14)3-4-9(8)16-12/h3-5,16H,2,6H2,1H3,(H,17,18). The van der Waals surface area contributed by atoms with Crippen molar-refractivity contribution >= 4 is 56.0 Å². The lowest BCUT2D eigenvalue weighted by atomic mass is 10.2. The molecule has 2 rings (SSSR count). The largest absolute Gasteiger partial charge is 0.461 e. The van der Waals surface area contributed by atoms with E-state index in [-0.39, 0.29) is 18.2 Å². The van der Waals surface area contributed by atoms with Gasteiger partial charge in [0.25, 0.3) is 0 Å². The maximum Gasteiger partial charge on any atom is 0.356 e. The Hall–Kier alpha value is -1.53. The lowest BCUT2D eigenvalue weighted by Crippen LogP contribution is -2.16. The first-order chi connectivity index (χ1) is 9.56. The number of H-pyrrole nitrogens is 1. The molecule has 0 radical (unpaired) electrons. The van der Waals surface area contributed by atoms with Gasteiger partial charge in [-0.3, -0.25) is 4.79 Å². The van der Waals surface area contributed by atoms with Crippen molar-refractivity contribution in [1.82, 2.24) is 4.98 Å². The maximum absolute atomic E-state index is 11.9. The van der Waals surface area contributed by atoms with Crippen molar-refractivity contribution in [2.75, 3.05) is 17.8 Å². The number of ether oxygens (including phenoxy) is 1. The summed E-state index contributed by atoms with van der Waals surface area (Å²) in [6.45, 7) is 1.97. The van der Waals surface area contributed by atoms with Gasteiger partial charge in [-0.2, -0.15) is 0 Å². The lowest BCUT2D eigenvalue weighted by molar-refractivity contribution is -0.113. The SMILES string of the molecule is CCOC(=O)c1[nH]c2ccc(Br)cc2c1NC(=O)CCl. The van der Waals surface area contributed by atoms with Crippen LogP contribution in [-0.4, -0.2) is 29.3 Å². The van der Waals surface area contributed by atoms with Crippen molar-refractivity contribution in [3.63, 3.8) is 0 Å². The minimum Gasteiger partial charge on any atom is -0.461 e. The zero-order chi connectivity index (χ0) is 14.7. The monoisotopic (exact) mass is 358 g/mol. The van der Waals surface area contributed by atoms with E-state index in [1.165, 1.54) is 0 Å². The predicted molar refractivity (Wildman–Crippen MR) is 81.3 cm³/mol. The van der Waals surface area contributed by atoms with Gasteiger partial charge in [-0.1, -0.05) is 15.9 Å². The van der Waals surface area contributed by atoms with Crippen LogP contribution < -0.4 is 5.32 Å². The summed E-state index contributed by atoms with van der Waals surface area (Å²) in [5.74, 6) is -1.11. The highest BCUT2D eigenvalue weighted by Crippen LogP contribution is 2.30. The van der Waals surface area contributed by atoms with E-state index in [1.54, 1.807) is 19.1 Å². The minimum absolute atomic E-state index is 0.192. The van der Waals surface area contributed by atoms with Gasteiger partial charge in [0.2, 0.25) is 5.91 Å². The molecule has 1 heterocycles. The van der Waals surface area contributed by atoms with E-state index in [1.807, 2.05) is 6.07 Å². The Kier molecular flexibility index (Phi) is 4.67. The number of aromatic nitrogens is 1. The number of nitrogens with one attached hydrogen (secondary N) is 2. The third-order valence-corrected chi connectivity index (χ3v) is 3.36. The molecule has 20 heavy (non-hydrogen) atoms. The molecule has 0 spiro atoms. The van der Waals surface area contributed by atoms with Crippen LogP contribution >= 0.6 is 27.5 Å². The Morgan fingerprint density at radius 3 is 2.85 bits per heavy atom. The van der Waals surface area contributed by atoms with Crippen molar-refractivity contribution in [3.8, 4) is 0 Å². The summed E-state index contributed by atoms with van der Waals surface area (Å²) in [6, 6.07) is 5.44. The first-order valence-corrected chi connectivity index (χ1v) is 7.23. The second kappa shape index (κ2) is 6.28. The van der Waals surface area contributed by atoms with Crippen LogP contribution in [0.5, 0.6) is 0 Å². The van der Waals surface area contributed by atoms with Crippen LogP contribution in [-0.2, 0) is 9.53 Å². The quantitative estimate of drug-likeness (QED) is 0.650. The highest BCUT2D eigenvalue weighted by Gasteiger charge is 2.20. The molecule has 0 atom stereocenters. The molecule has 1 aromatic carbocycles. The minimum atomic E-state index is -0.523. The molecule has 0 aliphatic rings. The van der Waals surface area contributed by atoms with Gasteiger partial charge in [-0.25, -0.2) is 4.79 Å². The molecule has 106 valence electrons. The van der Waals surface area contributed by atoms with Gasteiger partial charge in [-0.05, 0) is 25.1 Å². The van der Waals surface area contributed by atoms with Gasteiger partial charge < -0.3 is 15.0 Å². The number of carbonyl (C=O) groups is 2. The number of alkyl halides is 1. The van der Waals surface area contributed by atoms with Gasteiger partial charge in [0.15, 0.2) is 0 Å². The zero-order valence-electron chi connectivity index (χ0n) is 10.6. The smallest absolute Gasteiger partial charge is 0.356 e. The van der Waals surface area contributed by atoms with Crippen molar-refractivity contribution in [3.05, 3.63) is 28.4 Å². The second-order valence-corrected chi connectivity index (χ2v) is 5.15. The fraction of sp³-hybridized carbons (Fsp3) is 0.231. The molecule has 0 fully saturated rings. The van der Waals surface area contributed by atoms with Crippen molar-refractivity contribution in [1.29, 1.82) is 0 Å². The Morgan fingerprint density at radius 1 is 1.45 bits per heavy atom. The fourth-order valence-electron chi connectivity index (χ4n) is 1.82. The van der Waals surface area contributed by atoms with Gasteiger partial charge >= 0.3 is 5.97 Å². The summed E-state index contributed by atoms with van der Waals surface area (Å²) in [7, 11) is 0. The number of fused-ring (bicyclic) bond motifs is 1. The van der Waals surface area contributed by atoms with E-state index in [0.29, 0.717) is 11.1 Å². The number of hydrogen-bond donors (Lipinski definition) is 2. The normalized spacial score (nSPS) is 10.6. The third-order valence-electron chi connectivity index (χ3n) is 2.63. The summed E-state index contributed by atoms with van der Waals surface area (Å²) in [4.78, 5) is 26.4. The van der Waals surface area contributed by atoms with Gasteiger partial charge in [-0.15, -0.1) is 11.6 Å². The van der Waals surface area contributed by atoms with E-state index < -0.39 is 11.9 Å². The molecule has 5 nitrogen and oxygen atoms in total. The number of benzene rings is 1. The van der Waals surface area contributed by atoms with Crippen LogP contribution in [0, 0.1) is 0 Å². The first kappa shape index (κ1) is 14.9. The number of hydrogen-bond acceptors (Lipinski definition) is 3. The molecule has 7 heteroatoms. The number of esters is 1. The Bertz CT molecular complexity index is 669. The summed E-state index contributed by atoms with van der Waals surface area (Å²) in [5, 5.41) is 3.34. The van der Waals surface area contributed by atoms with E-state index in [2.05, 4.69) is 26.2 Å². The summed E-state index contributed by atoms with van der Waals surface area (Å²) in [6.07, 6.45) is 0. The molecule has 0 unspecified atom stereocenters. The van der Waals surface area contributed by atoms with Crippen molar-refractivity contribution in [2.45, 2.75) is 6.92 Å². The second-order valence-electron chi connectivity index (χ2n) is 3.97. The van der Waals surface area contributed by atoms with Crippen molar-refractivity contribution in [2.24, 2.45) is 0 Å². The lowest BCUT2D eigenvalue weighted by Gasteiger charge is -2.05. The van der Waals surface area contributed by atoms with E-state index in [0.717, 1.165) is 9.99 Å². The number of rotatable bonds is 4. The van der Waals surface area contributed by atoms with Gasteiger partial charge in [0.1, 0.15) is 11.6 Å². The first-order valence-electron chi connectivity index (χ1n) is 5.91. The molecule has 0 saturated carbocycles. The number of aromatic amines is 1. The van der Waals surface area contributed by atoms with E-state index in [4.69, 9.17) is 16.3 Å². The van der Waals surface area contributed by atoms with Crippen LogP contribution in [0.2, 0.25) is 0 Å². The number of carbonyl (C=O) groups excluding carboxylic acids is 2. The number of anilines is 1. The number of amides is 1. The van der Waals surface area contributed by atoms with Crippen LogP contribution in [0.3, 0.4) is 0 Å². The van der Waals surface area contributed by atoms with E-state index in [9.17, 15) is 9.59 Å². The number of halogens is 2. The van der Waals surface area contributed by atoms with E-state index >= 15 is 0 Å². The Morgan fingerprint density at radius 2 is 2.20 bits per heavy atom. The molecular formula is C13H12BrClN2O3. The molecule has 0 saturated heterocycles. The topological polar surface area (TPSA) is 71.2 Å². The Labute approximate surface area is 128 Å². The molecule has 1 amide bonds. The highest BCUT2D eigenvalue weighted by atomic mass is 79.9.